The topological polar surface area (TPSA) is 15.3 Å². The Morgan fingerprint density at radius 1 is 0.902 bits per heavy atom. The summed E-state index contributed by atoms with van der Waals surface area (Å²) in [5.74, 6) is 0.830. The highest BCUT2D eigenvalue weighted by atomic mass is 19.4. The van der Waals surface area contributed by atoms with Crippen molar-refractivity contribution in [1.82, 2.24) is 0 Å². The van der Waals surface area contributed by atoms with Crippen LogP contribution in [-0.4, -0.2) is 6.54 Å². The second-order valence-electron chi connectivity index (χ2n) is 14.4. The van der Waals surface area contributed by atoms with E-state index in [1.807, 2.05) is 38.1 Å². The second-order valence-corrected chi connectivity index (χ2v) is 14.4. The first-order valence-electron chi connectivity index (χ1n) is 18.3. The largest absolute Gasteiger partial charge is 0.416 e. The Morgan fingerprint density at radius 2 is 1.59 bits per heavy atom. The molecule has 1 aliphatic carbocycles. The van der Waals surface area contributed by atoms with Crippen molar-refractivity contribution in [3.63, 3.8) is 0 Å². The maximum atomic E-state index is 13.7. The number of hydrogen-bond donors (Lipinski definition) is 1. The Bertz CT molecular complexity index is 1810. The van der Waals surface area contributed by atoms with Gasteiger partial charge in [-0.25, -0.2) is 0 Å². The van der Waals surface area contributed by atoms with Gasteiger partial charge >= 0.3 is 12.4 Å². The summed E-state index contributed by atoms with van der Waals surface area (Å²) in [7, 11) is 0. The molecule has 0 atom stereocenters. The summed E-state index contributed by atoms with van der Waals surface area (Å²) in [6.45, 7) is 9.30. The molecule has 1 heterocycles. The van der Waals surface area contributed by atoms with Gasteiger partial charge in [-0.05, 0) is 91.6 Å². The summed E-state index contributed by atoms with van der Waals surface area (Å²) < 4.78 is 82.1. The lowest BCUT2D eigenvalue weighted by atomic mass is 9.83. The van der Waals surface area contributed by atoms with Gasteiger partial charge in [0.2, 0.25) is 0 Å². The van der Waals surface area contributed by atoms with Crippen molar-refractivity contribution < 1.29 is 26.3 Å². The zero-order valence-corrected chi connectivity index (χ0v) is 30.2. The normalized spacial score (nSPS) is 18.3. The first kappa shape index (κ1) is 38.3. The van der Waals surface area contributed by atoms with Crippen molar-refractivity contribution in [3.8, 4) is 0 Å². The highest BCUT2D eigenvalue weighted by Crippen LogP contribution is 2.48. The fourth-order valence-electron chi connectivity index (χ4n) is 7.77. The van der Waals surface area contributed by atoms with E-state index in [1.165, 1.54) is 55.5 Å². The first-order chi connectivity index (χ1) is 24.2. The van der Waals surface area contributed by atoms with Crippen molar-refractivity contribution in [2.45, 2.75) is 110 Å². The summed E-state index contributed by atoms with van der Waals surface area (Å²) in [6, 6.07) is 14.1. The molecule has 1 N–H and O–H groups in total. The van der Waals surface area contributed by atoms with Gasteiger partial charge in [0.1, 0.15) is 0 Å². The number of halogens is 6. The van der Waals surface area contributed by atoms with Crippen LogP contribution >= 0.6 is 0 Å². The lowest BCUT2D eigenvalue weighted by Gasteiger charge is -2.28. The van der Waals surface area contributed by atoms with Crippen molar-refractivity contribution in [1.29, 1.82) is 0 Å². The molecule has 3 aromatic rings. The van der Waals surface area contributed by atoms with Crippen LogP contribution in [-0.2, 0) is 24.2 Å². The van der Waals surface area contributed by atoms with Gasteiger partial charge in [-0.2, -0.15) is 26.3 Å². The average molecular weight is 709 g/mol. The van der Waals surface area contributed by atoms with Crippen LogP contribution in [0.1, 0.15) is 108 Å². The lowest BCUT2D eigenvalue weighted by molar-refractivity contribution is -0.143. The molecule has 2 nitrogen and oxygen atoms in total. The molecule has 3 aromatic carbocycles. The van der Waals surface area contributed by atoms with Gasteiger partial charge in [0, 0.05) is 39.9 Å². The smallest absolute Gasteiger partial charge is 0.355 e. The van der Waals surface area contributed by atoms with Gasteiger partial charge in [-0.3, -0.25) is 0 Å². The summed E-state index contributed by atoms with van der Waals surface area (Å²) in [5.41, 5.74) is 2.02. The van der Waals surface area contributed by atoms with Crippen LogP contribution in [0.3, 0.4) is 0 Å². The second kappa shape index (κ2) is 16.2. The van der Waals surface area contributed by atoms with Crippen LogP contribution in [0.2, 0.25) is 0 Å². The molecule has 274 valence electrons. The molecule has 0 bridgehead atoms. The number of nitrogens with zero attached hydrogens (tertiary/aromatic N) is 1. The molecule has 2 aliphatic rings. The van der Waals surface area contributed by atoms with Crippen LogP contribution in [0.15, 0.2) is 78.5 Å². The molecule has 0 aromatic heterocycles. The molecule has 8 heteroatoms. The Hall–Kier alpha value is -3.94. The number of benzene rings is 3. The molecule has 0 amide bonds. The molecule has 1 aliphatic heterocycles. The monoisotopic (exact) mass is 708 g/mol. The summed E-state index contributed by atoms with van der Waals surface area (Å²) in [5, 5.41) is 4.59. The lowest BCUT2D eigenvalue weighted by Crippen LogP contribution is -2.28. The number of anilines is 3. The van der Waals surface area contributed by atoms with E-state index in [0.717, 1.165) is 47.0 Å². The van der Waals surface area contributed by atoms with E-state index in [4.69, 9.17) is 0 Å². The summed E-state index contributed by atoms with van der Waals surface area (Å²) in [4.78, 5) is 2.47. The van der Waals surface area contributed by atoms with Gasteiger partial charge in [0.05, 0.1) is 11.1 Å². The van der Waals surface area contributed by atoms with Gasteiger partial charge in [-0.15, -0.1) is 0 Å². The number of aryl methyl sites for hydroxylation is 1. The standard InChI is InChI=1S/C43H50F6N2/c1-5-16-36-31(6-2)24-25-32(40(36)50-35-28-33(42(44,45)46)27-34(29-35)43(47,48)49)20-11-8-12-23-39-41(3,4)37-21-13-14-22-38(37)51(39)26-15-19-30-17-9-7-10-18-30/h6,8,12-14,16,21-25,27-30,50H,5,7,9-11,15,17-20,26H2,1-4H3/b12-8+,31-6-,36-16+,39-23+. The highest BCUT2D eigenvalue weighted by molar-refractivity contribution is 5.71. The van der Waals surface area contributed by atoms with Gasteiger partial charge < -0.3 is 10.2 Å². The van der Waals surface area contributed by atoms with Gasteiger partial charge in [0.25, 0.3) is 0 Å². The maximum absolute atomic E-state index is 13.7. The van der Waals surface area contributed by atoms with Gasteiger partial charge in [-0.1, -0.05) is 108 Å². The number of allylic oxidation sites excluding steroid dienone is 4. The third-order valence-corrected chi connectivity index (χ3v) is 10.4. The van der Waals surface area contributed by atoms with Crippen LogP contribution in [0.4, 0.5) is 43.4 Å². The number of rotatable bonds is 11. The zero-order chi connectivity index (χ0) is 36.8. The molecule has 0 unspecified atom stereocenters. The SMILES string of the molecule is C/C=c1/ccc(CC/C=C/C=C2/N(CCCC3CCCCC3)c3ccccc3C2(C)C)c(Nc2cc(C(F)(F)F)cc(C(F)(F)F)c2)/c1=C/CC. The van der Waals surface area contributed by atoms with Gasteiger partial charge in [0.15, 0.2) is 0 Å². The third-order valence-electron chi connectivity index (χ3n) is 10.4. The highest BCUT2D eigenvalue weighted by Gasteiger charge is 2.39. The van der Waals surface area contributed by atoms with E-state index in [9.17, 15) is 26.3 Å². The Balaban J connectivity index is 1.40. The molecule has 1 saturated carbocycles. The third kappa shape index (κ3) is 9.11. The Labute approximate surface area is 298 Å². The van der Waals surface area contributed by atoms with E-state index in [1.54, 1.807) is 0 Å². The minimum absolute atomic E-state index is 0.156. The summed E-state index contributed by atoms with van der Waals surface area (Å²) >= 11 is 0. The predicted molar refractivity (Wildman–Crippen MR) is 198 cm³/mol. The molecule has 0 spiro atoms. The summed E-state index contributed by atoms with van der Waals surface area (Å²) in [6.07, 6.45) is 11.3. The first-order valence-corrected chi connectivity index (χ1v) is 18.3. The molecule has 0 radical (unpaired) electrons. The minimum atomic E-state index is -4.93. The number of nitrogens with one attached hydrogen (secondary N) is 1. The van der Waals surface area contributed by atoms with Crippen LogP contribution in [0.5, 0.6) is 0 Å². The van der Waals surface area contributed by atoms with Crippen molar-refractivity contribution >= 4 is 29.2 Å². The number of hydrogen-bond acceptors (Lipinski definition) is 2. The Kier molecular flexibility index (Phi) is 12.1. The van der Waals surface area contributed by atoms with Crippen molar-refractivity contribution in [2.24, 2.45) is 5.92 Å². The molecule has 5 rings (SSSR count). The molecular weight excluding hydrogens is 658 g/mol. The van der Waals surface area contributed by atoms with E-state index < -0.39 is 23.5 Å². The van der Waals surface area contributed by atoms with Crippen molar-refractivity contribution in [3.05, 3.63) is 111 Å². The molecule has 0 saturated heterocycles. The molecule has 51 heavy (non-hydrogen) atoms. The Morgan fingerprint density at radius 3 is 2.24 bits per heavy atom. The quantitative estimate of drug-likeness (QED) is 0.200. The fourth-order valence-corrected chi connectivity index (χ4v) is 7.77. The predicted octanol–water partition coefficient (Wildman–Crippen LogP) is 12.0. The number of para-hydroxylation sites is 1. The minimum Gasteiger partial charge on any atom is -0.355 e. The van der Waals surface area contributed by atoms with E-state index >= 15 is 0 Å². The van der Waals surface area contributed by atoms with E-state index in [-0.39, 0.29) is 17.2 Å². The van der Waals surface area contributed by atoms with Crippen LogP contribution in [0.25, 0.3) is 12.2 Å². The average Bonchev–Trinajstić information content (AvgIpc) is 3.30. The fraction of sp³-hybridized carbons (Fsp3) is 0.442. The molecule has 1 fully saturated rings. The van der Waals surface area contributed by atoms with Crippen molar-refractivity contribution in [2.75, 3.05) is 16.8 Å². The maximum Gasteiger partial charge on any atom is 0.416 e. The van der Waals surface area contributed by atoms with E-state index in [0.29, 0.717) is 24.9 Å². The molecular formula is C43H50F6N2. The van der Waals surface area contributed by atoms with E-state index in [2.05, 4.69) is 66.6 Å². The van der Waals surface area contributed by atoms with Crippen LogP contribution < -0.4 is 20.7 Å². The zero-order valence-electron chi connectivity index (χ0n) is 30.2. The van der Waals surface area contributed by atoms with Crippen LogP contribution in [0, 0.1) is 5.92 Å². The number of alkyl halides is 6. The number of fused-ring (bicyclic) bond motifs is 1.